The molecule has 0 aromatic heterocycles. The fraction of sp³-hybridized carbons (Fsp3) is 0.188. The maximum atomic E-state index is 6.30. The summed E-state index contributed by atoms with van der Waals surface area (Å²) in [5, 5.41) is 0.749. The summed E-state index contributed by atoms with van der Waals surface area (Å²) in [5.41, 5.74) is 3.31. The summed E-state index contributed by atoms with van der Waals surface area (Å²) in [5.74, 6) is 0.965. The van der Waals surface area contributed by atoms with Crippen molar-refractivity contribution in [3.63, 3.8) is 0 Å². The molecule has 0 amide bonds. The van der Waals surface area contributed by atoms with E-state index in [1.807, 2.05) is 30.3 Å². The Morgan fingerprint density at radius 3 is 2.63 bits per heavy atom. The van der Waals surface area contributed by atoms with Crippen LogP contribution in [0.25, 0.3) is 0 Å². The number of hydrogen-bond donors (Lipinski definition) is 0. The minimum atomic E-state index is 0.749. The van der Waals surface area contributed by atoms with Crippen LogP contribution in [-0.2, 0) is 6.54 Å². The van der Waals surface area contributed by atoms with Crippen molar-refractivity contribution in [2.45, 2.75) is 13.5 Å². The number of amidine groups is 1. The number of hydrogen-bond acceptors (Lipinski definition) is 2. The number of fused-ring (bicyclic) bond motifs is 1. The molecule has 0 N–H and O–H groups in total. The molecule has 0 radical (unpaired) electrons. The summed E-state index contributed by atoms with van der Waals surface area (Å²) in [7, 11) is 0. The molecule has 0 saturated heterocycles. The molecule has 0 aliphatic carbocycles. The molecule has 2 aromatic carbocycles. The molecule has 0 bridgehead atoms. The number of rotatable bonds is 2. The average molecular weight is 271 g/mol. The average Bonchev–Trinajstić information content (AvgIpc) is 2.46. The first kappa shape index (κ1) is 12.2. The van der Waals surface area contributed by atoms with Crippen molar-refractivity contribution in [2.75, 3.05) is 6.54 Å². The SMILES string of the molecule is CCN1Cc2ccccc2N=C1c1ccccc1Cl. The van der Waals surface area contributed by atoms with Crippen LogP contribution in [-0.4, -0.2) is 17.3 Å². The number of nitrogens with zero attached hydrogens (tertiary/aromatic N) is 2. The molecule has 3 rings (SSSR count). The zero-order valence-corrected chi connectivity index (χ0v) is 11.6. The van der Waals surface area contributed by atoms with Gasteiger partial charge in [-0.05, 0) is 30.7 Å². The largest absolute Gasteiger partial charge is 0.352 e. The van der Waals surface area contributed by atoms with Crippen LogP contribution < -0.4 is 0 Å². The molecule has 3 heteroatoms. The lowest BCUT2D eigenvalue weighted by molar-refractivity contribution is 0.430. The molecule has 0 saturated carbocycles. The molecule has 0 spiro atoms. The van der Waals surface area contributed by atoms with Crippen LogP contribution in [0.5, 0.6) is 0 Å². The normalized spacial score (nSPS) is 14.0. The van der Waals surface area contributed by atoms with Gasteiger partial charge >= 0.3 is 0 Å². The van der Waals surface area contributed by atoms with Gasteiger partial charge in [0, 0.05) is 18.7 Å². The van der Waals surface area contributed by atoms with E-state index < -0.39 is 0 Å². The van der Waals surface area contributed by atoms with Crippen molar-refractivity contribution in [1.29, 1.82) is 0 Å². The van der Waals surface area contributed by atoms with E-state index in [-0.39, 0.29) is 0 Å². The highest BCUT2D eigenvalue weighted by atomic mass is 35.5. The molecule has 2 nitrogen and oxygen atoms in total. The molecule has 19 heavy (non-hydrogen) atoms. The molecule has 0 atom stereocenters. The lowest BCUT2D eigenvalue weighted by atomic mass is 10.1. The Labute approximate surface area is 118 Å². The van der Waals surface area contributed by atoms with Gasteiger partial charge in [0.15, 0.2) is 0 Å². The first-order chi connectivity index (χ1) is 9.29. The Balaban J connectivity index is 2.13. The van der Waals surface area contributed by atoms with Crippen LogP contribution in [0.15, 0.2) is 53.5 Å². The highest BCUT2D eigenvalue weighted by Gasteiger charge is 2.20. The summed E-state index contributed by atoms with van der Waals surface area (Å²) in [6.07, 6.45) is 0. The first-order valence-electron chi connectivity index (χ1n) is 6.46. The van der Waals surface area contributed by atoms with Gasteiger partial charge in [-0.1, -0.05) is 41.9 Å². The third kappa shape index (κ3) is 2.24. The van der Waals surface area contributed by atoms with E-state index in [2.05, 4.69) is 30.0 Å². The Bertz CT molecular complexity index is 634. The number of halogens is 1. The molecule has 0 unspecified atom stereocenters. The molecule has 1 aliphatic rings. The van der Waals surface area contributed by atoms with Crippen molar-refractivity contribution < 1.29 is 0 Å². The second-order valence-electron chi connectivity index (χ2n) is 4.56. The fourth-order valence-electron chi connectivity index (χ4n) is 2.35. The van der Waals surface area contributed by atoms with Gasteiger partial charge in [-0.3, -0.25) is 0 Å². The van der Waals surface area contributed by atoms with Crippen LogP contribution in [0.2, 0.25) is 5.02 Å². The maximum Gasteiger partial charge on any atom is 0.138 e. The summed E-state index contributed by atoms with van der Waals surface area (Å²) < 4.78 is 0. The predicted molar refractivity (Wildman–Crippen MR) is 80.2 cm³/mol. The molecule has 96 valence electrons. The molecule has 0 fully saturated rings. The lowest BCUT2D eigenvalue weighted by Crippen LogP contribution is -2.33. The van der Waals surface area contributed by atoms with Gasteiger partial charge in [0.2, 0.25) is 0 Å². The quantitative estimate of drug-likeness (QED) is 0.796. The van der Waals surface area contributed by atoms with E-state index in [4.69, 9.17) is 16.6 Å². The molecule has 1 aliphatic heterocycles. The highest BCUT2D eigenvalue weighted by molar-refractivity contribution is 6.34. The minimum Gasteiger partial charge on any atom is -0.352 e. The van der Waals surface area contributed by atoms with Crippen molar-refractivity contribution in [3.05, 3.63) is 64.7 Å². The fourth-order valence-corrected chi connectivity index (χ4v) is 2.57. The van der Waals surface area contributed by atoms with E-state index in [1.165, 1.54) is 5.56 Å². The van der Waals surface area contributed by atoms with Crippen LogP contribution >= 0.6 is 11.6 Å². The Hall–Kier alpha value is -1.80. The monoisotopic (exact) mass is 270 g/mol. The van der Waals surface area contributed by atoms with E-state index >= 15 is 0 Å². The zero-order valence-electron chi connectivity index (χ0n) is 10.8. The van der Waals surface area contributed by atoms with E-state index in [0.29, 0.717) is 0 Å². The Kier molecular flexibility index (Phi) is 3.26. The molecule has 2 aromatic rings. The van der Waals surface area contributed by atoms with E-state index in [9.17, 15) is 0 Å². The van der Waals surface area contributed by atoms with Gasteiger partial charge in [-0.2, -0.15) is 0 Å². The Morgan fingerprint density at radius 1 is 1.11 bits per heavy atom. The van der Waals surface area contributed by atoms with Crippen molar-refractivity contribution in [2.24, 2.45) is 4.99 Å². The standard InChI is InChI=1S/C16H15ClN2/c1-2-19-11-12-7-3-6-10-15(12)18-16(19)13-8-4-5-9-14(13)17/h3-10H,2,11H2,1H3. The molecular weight excluding hydrogens is 256 g/mol. The van der Waals surface area contributed by atoms with Gasteiger partial charge in [0.25, 0.3) is 0 Å². The van der Waals surface area contributed by atoms with Gasteiger partial charge in [-0.15, -0.1) is 0 Å². The Morgan fingerprint density at radius 2 is 1.84 bits per heavy atom. The first-order valence-corrected chi connectivity index (χ1v) is 6.84. The van der Waals surface area contributed by atoms with Crippen LogP contribution in [0.4, 0.5) is 5.69 Å². The minimum absolute atomic E-state index is 0.749. The summed E-state index contributed by atoms with van der Waals surface area (Å²) in [6, 6.07) is 16.1. The number of para-hydroxylation sites is 1. The predicted octanol–water partition coefficient (Wildman–Crippen LogP) is 4.25. The number of aliphatic imine (C=N–C) groups is 1. The maximum absolute atomic E-state index is 6.30. The lowest BCUT2D eigenvalue weighted by Gasteiger charge is -2.30. The molecular formula is C16H15ClN2. The topological polar surface area (TPSA) is 15.6 Å². The van der Waals surface area contributed by atoms with Crippen LogP contribution in [0, 0.1) is 0 Å². The van der Waals surface area contributed by atoms with Gasteiger partial charge in [-0.25, -0.2) is 4.99 Å². The van der Waals surface area contributed by atoms with Crippen molar-refractivity contribution in [3.8, 4) is 0 Å². The summed E-state index contributed by atoms with van der Waals surface area (Å²) in [4.78, 5) is 7.04. The highest BCUT2D eigenvalue weighted by Crippen LogP contribution is 2.29. The smallest absolute Gasteiger partial charge is 0.138 e. The number of benzene rings is 2. The summed E-state index contributed by atoms with van der Waals surface area (Å²) >= 11 is 6.30. The van der Waals surface area contributed by atoms with Crippen LogP contribution in [0.3, 0.4) is 0 Å². The van der Waals surface area contributed by atoms with Crippen LogP contribution in [0.1, 0.15) is 18.1 Å². The van der Waals surface area contributed by atoms with E-state index in [0.717, 1.165) is 35.2 Å². The van der Waals surface area contributed by atoms with Crippen molar-refractivity contribution in [1.82, 2.24) is 4.90 Å². The zero-order chi connectivity index (χ0) is 13.2. The third-order valence-electron chi connectivity index (χ3n) is 3.38. The van der Waals surface area contributed by atoms with Crippen molar-refractivity contribution >= 4 is 23.1 Å². The van der Waals surface area contributed by atoms with Gasteiger partial charge in [0.1, 0.15) is 5.84 Å². The van der Waals surface area contributed by atoms with E-state index in [1.54, 1.807) is 0 Å². The van der Waals surface area contributed by atoms with Gasteiger partial charge in [0.05, 0.1) is 10.7 Å². The summed E-state index contributed by atoms with van der Waals surface area (Å²) in [6.45, 7) is 3.94. The second kappa shape index (κ2) is 5.06. The second-order valence-corrected chi connectivity index (χ2v) is 4.97. The van der Waals surface area contributed by atoms with Gasteiger partial charge < -0.3 is 4.90 Å². The third-order valence-corrected chi connectivity index (χ3v) is 3.70. The molecule has 1 heterocycles.